The van der Waals surface area contributed by atoms with E-state index in [1.54, 1.807) is 0 Å². The minimum Gasteiger partial charge on any atom is -0.395 e. The zero-order valence-corrected chi connectivity index (χ0v) is 10.5. The third-order valence-corrected chi connectivity index (χ3v) is 3.64. The molecule has 2 unspecified atom stereocenters. The summed E-state index contributed by atoms with van der Waals surface area (Å²) in [6.07, 6.45) is 1.93. The van der Waals surface area contributed by atoms with Crippen molar-refractivity contribution in [3.8, 4) is 0 Å². The number of halogens is 1. The van der Waals surface area contributed by atoms with Gasteiger partial charge in [0.2, 0.25) is 0 Å². The van der Waals surface area contributed by atoms with Gasteiger partial charge >= 0.3 is 0 Å². The molecule has 1 aliphatic rings. The zero-order valence-electron chi connectivity index (χ0n) is 10.5. The maximum atomic E-state index is 12.8. The predicted molar refractivity (Wildman–Crippen MR) is 67.0 cm³/mol. The number of ketones is 1. The third-order valence-electron chi connectivity index (χ3n) is 3.64. The number of Topliss-reactive ketones (excluding diaryl/α,β-unsaturated/α-hetero) is 1. The predicted octanol–water partition coefficient (Wildman–Crippen LogP) is 1.85. The van der Waals surface area contributed by atoms with Gasteiger partial charge in [0, 0.05) is 11.6 Å². The van der Waals surface area contributed by atoms with Gasteiger partial charge in [0.1, 0.15) is 5.82 Å². The van der Waals surface area contributed by atoms with Crippen LogP contribution in [-0.4, -0.2) is 41.0 Å². The van der Waals surface area contributed by atoms with E-state index in [1.807, 2.05) is 11.8 Å². The molecule has 18 heavy (non-hydrogen) atoms. The number of rotatable bonds is 4. The molecule has 98 valence electrons. The van der Waals surface area contributed by atoms with Crippen molar-refractivity contribution in [1.82, 2.24) is 4.90 Å². The highest BCUT2D eigenvalue weighted by Gasteiger charge is 2.31. The standard InChI is InChI=1S/C14H18FNO2/c1-10(16-8-2-3-13(16)9-17)14(18)11-4-6-12(15)7-5-11/h4-7,10,13,17H,2-3,8-9H2,1H3. The molecule has 1 N–H and O–H groups in total. The summed E-state index contributed by atoms with van der Waals surface area (Å²) in [5, 5.41) is 9.27. The Balaban J connectivity index is 2.11. The van der Waals surface area contributed by atoms with Crippen molar-refractivity contribution in [2.24, 2.45) is 0 Å². The zero-order chi connectivity index (χ0) is 13.1. The molecule has 0 amide bonds. The van der Waals surface area contributed by atoms with E-state index >= 15 is 0 Å². The van der Waals surface area contributed by atoms with E-state index in [2.05, 4.69) is 0 Å². The van der Waals surface area contributed by atoms with Crippen LogP contribution in [0.4, 0.5) is 4.39 Å². The van der Waals surface area contributed by atoms with Gasteiger partial charge in [-0.05, 0) is 50.6 Å². The second kappa shape index (κ2) is 5.59. The molecule has 0 bridgehead atoms. The van der Waals surface area contributed by atoms with Crippen LogP contribution in [0.2, 0.25) is 0 Å². The van der Waals surface area contributed by atoms with E-state index in [4.69, 9.17) is 0 Å². The van der Waals surface area contributed by atoms with E-state index in [0.29, 0.717) is 5.56 Å². The van der Waals surface area contributed by atoms with Crippen molar-refractivity contribution in [3.05, 3.63) is 35.6 Å². The highest BCUT2D eigenvalue weighted by molar-refractivity contribution is 5.99. The Kier molecular flexibility index (Phi) is 4.09. The van der Waals surface area contributed by atoms with Crippen LogP contribution in [0, 0.1) is 5.82 Å². The summed E-state index contributed by atoms with van der Waals surface area (Å²) in [6.45, 7) is 2.76. The largest absolute Gasteiger partial charge is 0.395 e. The van der Waals surface area contributed by atoms with Gasteiger partial charge in [0.25, 0.3) is 0 Å². The smallest absolute Gasteiger partial charge is 0.179 e. The molecule has 3 nitrogen and oxygen atoms in total. The molecule has 1 aromatic carbocycles. The Labute approximate surface area is 106 Å². The summed E-state index contributed by atoms with van der Waals surface area (Å²) in [5.41, 5.74) is 0.521. The van der Waals surface area contributed by atoms with Crippen molar-refractivity contribution in [3.63, 3.8) is 0 Å². The number of aliphatic hydroxyl groups excluding tert-OH is 1. The fourth-order valence-corrected chi connectivity index (χ4v) is 2.57. The van der Waals surface area contributed by atoms with Crippen molar-refractivity contribution >= 4 is 5.78 Å². The summed E-state index contributed by atoms with van der Waals surface area (Å²) in [6, 6.07) is 5.43. The minimum absolute atomic E-state index is 0.0182. The fraction of sp³-hybridized carbons (Fsp3) is 0.500. The van der Waals surface area contributed by atoms with E-state index in [9.17, 15) is 14.3 Å². The molecule has 1 fully saturated rings. The molecular weight excluding hydrogens is 233 g/mol. The van der Waals surface area contributed by atoms with Crippen LogP contribution >= 0.6 is 0 Å². The van der Waals surface area contributed by atoms with Crippen molar-refractivity contribution in [1.29, 1.82) is 0 Å². The number of nitrogens with zero attached hydrogens (tertiary/aromatic N) is 1. The van der Waals surface area contributed by atoms with Crippen LogP contribution < -0.4 is 0 Å². The maximum absolute atomic E-state index is 12.8. The molecular formula is C14H18FNO2. The number of benzene rings is 1. The summed E-state index contributed by atoms with van der Waals surface area (Å²) in [7, 11) is 0. The molecule has 0 radical (unpaired) electrons. The summed E-state index contributed by atoms with van der Waals surface area (Å²) in [5.74, 6) is -0.357. The third kappa shape index (κ3) is 2.60. The van der Waals surface area contributed by atoms with Gasteiger partial charge in [-0.15, -0.1) is 0 Å². The molecule has 0 spiro atoms. The van der Waals surface area contributed by atoms with Gasteiger partial charge in [0.05, 0.1) is 12.6 Å². The first-order chi connectivity index (χ1) is 8.63. The highest BCUT2D eigenvalue weighted by atomic mass is 19.1. The summed E-state index contributed by atoms with van der Waals surface area (Å²) < 4.78 is 12.8. The Morgan fingerprint density at radius 1 is 1.50 bits per heavy atom. The lowest BCUT2D eigenvalue weighted by Gasteiger charge is -2.28. The molecule has 1 saturated heterocycles. The van der Waals surface area contributed by atoms with Gasteiger partial charge in [-0.2, -0.15) is 0 Å². The Morgan fingerprint density at radius 3 is 2.78 bits per heavy atom. The van der Waals surface area contributed by atoms with E-state index in [-0.39, 0.29) is 30.3 Å². The number of aliphatic hydroxyl groups is 1. The van der Waals surface area contributed by atoms with Crippen LogP contribution in [0.15, 0.2) is 24.3 Å². The maximum Gasteiger partial charge on any atom is 0.179 e. The van der Waals surface area contributed by atoms with Crippen LogP contribution in [0.1, 0.15) is 30.1 Å². The Hall–Kier alpha value is -1.26. The molecule has 4 heteroatoms. The lowest BCUT2D eigenvalue weighted by molar-refractivity contribution is 0.0758. The molecule has 2 atom stereocenters. The van der Waals surface area contributed by atoms with Crippen LogP contribution in [0.3, 0.4) is 0 Å². The first-order valence-electron chi connectivity index (χ1n) is 6.30. The van der Waals surface area contributed by atoms with E-state index in [1.165, 1.54) is 24.3 Å². The van der Waals surface area contributed by atoms with Crippen molar-refractivity contribution in [2.45, 2.75) is 31.8 Å². The number of likely N-dealkylation sites (tertiary alicyclic amines) is 1. The normalized spacial score (nSPS) is 22.1. The molecule has 0 aliphatic carbocycles. The first kappa shape index (κ1) is 13.2. The lowest BCUT2D eigenvalue weighted by Crippen LogP contribution is -2.43. The van der Waals surface area contributed by atoms with Gasteiger partial charge in [-0.25, -0.2) is 4.39 Å². The second-order valence-electron chi connectivity index (χ2n) is 4.76. The molecule has 1 aromatic rings. The molecule has 0 aromatic heterocycles. The van der Waals surface area contributed by atoms with Crippen LogP contribution in [-0.2, 0) is 0 Å². The fourth-order valence-electron chi connectivity index (χ4n) is 2.57. The molecule has 0 saturated carbocycles. The SMILES string of the molecule is CC(C(=O)c1ccc(F)cc1)N1CCCC1CO. The monoisotopic (exact) mass is 251 g/mol. The molecule has 2 rings (SSSR count). The Bertz CT molecular complexity index is 418. The number of carbonyl (C=O) groups is 1. The quantitative estimate of drug-likeness (QED) is 0.830. The van der Waals surface area contributed by atoms with Crippen molar-refractivity contribution in [2.75, 3.05) is 13.2 Å². The van der Waals surface area contributed by atoms with Gasteiger partial charge < -0.3 is 5.11 Å². The first-order valence-corrected chi connectivity index (χ1v) is 6.30. The molecule has 1 heterocycles. The number of hydrogen-bond acceptors (Lipinski definition) is 3. The topological polar surface area (TPSA) is 40.5 Å². The van der Waals surface area contributed by atoms with E-state index < -0.39 is 0 Å². The Morgan fingerprint density at radius 2 is 2.17 bits per heavy atom. The average molecular weight is 251 g/mol. The molecule has 1 aliphatic heterocycles. The summed E-state index contributed by atoms with van der Waals surface area (Å²) >= 11 is 0. The van der Waals surface area contributed by atoms with Crippen LogP contribution in [0.5, 0.6) is 0 Å². The minimum atomic E-state index is -0.339. The highest BCUT2D eigenvalue weighted by Crippen LogP contribution is 2.21. The lowest BCUT2D eigenvalue weighted by atomic mass is 10.0. The van der Waals surface area contributed by atoms with Gasteiger partial charge in [-0.3, -0.25) is 9.69 Å². The number of hydrogen-bond donors (Lipinski definition) is 1. The average Bonchev–Trinajstić information content (AvgIpc) is 2.86. The van der Waals surface area contributed by atoms with E-state index in [0.717, 1.165) is 19.4 Å². The summed E-state index contributed by atoms with van der Waals surface area (Å²) in [4.78, 5) is 14.3. The van der Waals surface area contributed by atoms with Crippen molar-refractivity contribution < 1.29 is 14.3 Å². The van der Waals surface area contributed by atoms with Gasteiger partial charge in [0.15, 0.2) is 5.78 Å². The van der Waals surface area contributed by atoms with Gasteiger partial charge in [-0.1, -0.05) is 0 Å². The second-order valence-corrected chi connectivity index (χ2v) is 4.76. The van der Waals surface area contributed by atoms with Crippen LogP contribution in [0.25, 0.3) is 0 Å². The number of carbonyl (C=O) groups excluding carboxylic acids is 1.